The van der Waals surface area contributed by atoms with E-state index in [9.17, 15) is 9.59 Å². The van der Waals surface area contributed by atoms with Crippen LogP contribution >= 0.6 is 0 Å². The number of nitrogens with zero attached hydrogens (tertiary/aromatic N) is 1. The number of carbonyl (C=O) groups excluding carboxylic acids is 1. The maximum atomic E-state index is 11.7. The van der Waals surface area contributed by atoms with Gasteiger partial charge in [0, 0.05) is 6.54 Å². The van der Waals surface area contributed by atoms with Crippen LogP contribution in [0.25, 0.3) is 0 Å². The Labute approximate surface area is 94.3 Å². The first-order valence-electron chi connectivity index (χ1n) is 5.17. The van der Waals surface area contributed by atoms with Gasteiger partial charge in [-0.15, -0.1) is 0 Å². The van der Waals surface area contributed by atoms with Crippen molar-refractivity contribution in [2.24, 2.45) is 11.8 Å². The van der Waals surface area contributed by atoms with Gasteiger partial charge in [-0.05, 0) is 27.2 Å². The number of esters is 1. The van der Waals surface area contributed by atoms with E-state index in [0.717, 1.165) is 0 Å². The second kappa shape index (κ2) is 4.39. The van der Waals surface area contributed by atoms with Gasteiger partial charge in [0.2, 0.25) is 0 Å². The van der Waals surface area contributed by atoms with E-state index in [4.69, 9.17) is 15.7 Å². The van der Waals surface area contributed by atoms with Crippen molar-refractivity contribution in [2.45, 2.75) is 38.8 Å². The fourth-order valence-corrected chi connectivity index (χ4v) is 1.66. The average molecular weight is 230 g/mol. The van der Waals surface area contributed by atoms with Gasteiger partial charge in [0.15, 0.2) is 0 Å². The standard InChI is InChI=1S/C10H18N2O4/c1-10(2,3)16-9(15)6-4-7(8(13)14)12(11)5-6/h6-7H,4-5,11H2,1-3H3,(H,13,14)/t6-,7+/m0/s1. The zero-order chi connectivity index (χ0) is 12.5. The molecule has 2 atom stereocenters. The van der Waals surface area contributed by atoms with Crippen LogP contribution in [-0.4, -0.2) is 40.2 Å². The van der Waals surface area contributed by atoms with Gasteiger partial charge in [-0.3, -0.25) is 15.4 Å². The van der Waals surface area contributed by atoms with Crippen LogP contribution in [0, 0.1) is 5.92 Å². The fraction of sp³-hybridized carbons (Fsp3) is 0.800. The number of carbonyl (C=O) groups is 2. The van der Waals surface area contributed by atoms with Crippen LogP contribution in [0.4, 0.5) is 0 Å². The van der Waals surface area contributed by atoms with Crippen LogP contribution in [0.1, 0.15) is 27.2 Å². The van der Waals surface area contributed by atoms with Crippen LogP contribution in [0.5, 0.6) is 0 Å². The molecule has 92 valence electrons. The summed E-state index contributed by atoms with van der Waals surface area (Å²) in [6, 6.07) is -0.794. The lowest BCUT2D eigenvalue weighted by molar-refractivity contribution is -0.159. The SMILES string of the molecule is CC(C)(C)OC(=O)[C@H]1C[C@H](C(=O)O)N(N)C1. The number of carboxylic acid groups (broad SMARTS) is 1. The van der Waals surface area contributed by atoms with E-state index in [1.54, 1.807) is 20.8 Å². The van der Waals surface area contributed by atoms with E-state index in [1.807, 2.05) is 0 Å². The molecule has 0 aromatic rings. The monoisotopic (exact) mass is 230 g/mol. The topological polar surface area (TPSA) is 92.9 Å². The highest BCUT2D eigenvalue weighted by molar-refractivity contribution is 5.78. The fourth-order valence-electron chi connectivity index (χ4n) is 1.66. The summed E-state index contributed by atoms with van der Waals surface area (Å²) in [5.41, 5.74) is -0.558. The Balaban J connectivity index is 2.58. The van der Waals surface area contributed by atoms with Crippen molar-refractivity contribution in [1.82, 2.24) is 5.01 Å². The highest BCUT2D eigenvalue weighted by Gasteiger charge is 2.40. The van der Waals surface area contributed by atoms with Gasteiger partial charge in [-0.2, -0.15) is 0 Å². The summed E-state index contributed by atoms with van der Waals surface area (Å²) in [4.78, 5) is 22.5. The molecule has 0 aromatic heterocycles. The Morgan fingerprint density at radius 3 is 2.38 bits per heavy atom. The molecule has 0 radical (unpaired) electrons. The van der Waals surface area contributed by atoms with Crippen LogP contribution in [0.2, 0.25) is 0 Å². The highest BCUT2D eigenvalue weighted by Crippen LogP contribution is 2.23. The van der Waals surface area contributed by atoms with E-state index < -0.39 is 23.5 Å². The highest BCUT2D eigenvalue weighted by atomic mass is 16.6. The summed E-state index contributed by atoms with van der Waals surface area (Å²) in [5, 5.41) is 10.0. The van der Waals surface area contributed by atoms with E-state index in [0.29, 0.717) is 0 Å². The van der Waals surface area contributed by atoms with Gasteiger partial charge in [0.25, 0.3) is 0 Å². The third-order valence-electron chi connectivity index (χ3n) is 2.36. The first kappa shape index (κ1) is 12.9. The van der Waals surface area contributed by atoms with Crippen molar-refractivity contribution in [2.75, 3.05) is 6.54 Å². The van der Waals surface area contributed by atoms with Crippen molar-refractivity contribution < 1.29 is 19.4 Å². The molecule has 0 bridgehead atoms. The van der Waals surface area contributed by atoms with Crippen LogP contribution in [0.3, 0.4) is 0 Å². The number of nitrogens with two attached hydrogens (primary N) is 1. The molecule has 1 fully saturated rings. The predicted octanol–water partition coefficient (Wildman–Crippen LogP) is -0.0231. The van der Waals surface area contributed by atoms with E-state index in [2.05, 4.69) is 0 Å². The lowest BCUT2D eigenvalue weighted by Crippen LogP contribution is -2.41. The molecule has 6 nitrogen and oxygen atoms in total. The minimum atomic E-state index is -1.01. The molecule has 1 aliphatic heterocycles. The Morgan fingerprint density at radius 1 is 1.44 bits per heavy atom. The molecule has 0 saturated carbocycles. The number of ether oxygens (including phenoxy) is 1. The summed E-state index contributed by atoms with van der Waals surface area (Å²) in [6.07, 6.45) is 0.209. The molecule has 1 saturated heterocycles. The van der Waals surface area contributed by atoms with Gasteiger partial charge >= 0.3 is 11.9 Å². The normalized spacial score (nSPS) is 26.8. The third kappa shape index (κ3) is 3.18. The quantitative estimate of drug-likeness (QED) is 0.511. The molecule has 3 N–H and O–H groups in total. The van der Waals surface area contributed by atoms with Crippen molar-refractivity contribution >= 4 is 11.9 Å². The van der Waals surface area contributed by atoms with Crippen LogP contribution in [-0.2, 0) is 14.3 Å². The first-order chi connectivity index (χ1) is 7.20. The first-order valence-corrected chi connectivity index (χ1v) is 5.17. The van der Waals surface area contributed by atoms with Gasteiger partial charge in [0.05, 0.1) is 5.92 Å². The molecule has 0 aromatic carbocycles. The second-order valence-corrected chi connectivity index (χ2v) is 5.02. The molecule has 6 heteroatoms. The molecule has 1 rings (SSSR count). The van der Waals surface area contributed by atoms with Crippen molar-refractivity contribution in [1.29, 1.82) is 0 Å². The van der Waals surface area contributed by atoms with E-state index in [1.165, 1.54) is 5.01 Å². The third-order valence-corrected chi connectivity index (χ3v) is 2.36. The Bertz CT molecular complexity index is 298. The van der Waals surface area contributed by atoms with Gasteiger partial charge in [-0.1, -0.05) is 0 Å². The molecule has 0 amide bonds. The molecular weight excluding hydrogens is 212 g/mol. The second-order valence-electron chi connectivity index (χ2n) is 5.02. The smallest absolute Gasteiger partial charge is 0.322 e. The summed E-state index contributed by atoms with van der Waals surface area (Å²) in [7, 11) is 0. The largest absolute Gasteiger partial charge is 0.480 e. The van der Waals surface area contributed by atoms with Crippen molar-refractivity contribution in [3.63, 3.8) is 0 Å². The molecule has 1 heterocycles. The number of hydrogen-bond donors (Lipinski definition) is 2. The number of aliphatic carboxylic acids is 1. The summed E-state index contributed by atoms with van der Waals surface area (Å²) in [5.74, 6) is 3.67. The molecule has 0 unspecified atom stereocenters. The Kier molecular flexibility index (Phi) is 3.54. The Morgan fingerprint density at radius 2 is 2.00 bits per heavy atom. The van der Waals surface area contributed by atoms with Crippen LogP contribution < -0.4 is 5.84 Å². The number of hydrazine groups is 1. The lowest BCUT2D eigenvalue weighted by Gasteiger charge is -2.21. The van der Waals surface area contributed by atoms with Gasteiger partial charge in [0.1, 0.15) is 11.6 Å². The molecule has 16 heavy (non-hydrogen) atoms. The minimum absolute atomic E-state index is 0.209. The zero-order valence-electron chi connectivity index (χ0n) is 9.77. The summed E-state index contributed by atoms with van der Waals surface area (Å²) < 4.78 is 5.18. The van der Waals surface area contributed by atoms with Crippen molar-refractivity contribution in [3.8, 4) is 0 Å². The molecular formula is C10H18N2O4. The van der Waals surface area contributed by atoms with Crippen LogP contribution in [0.15, 0.2) is 0 Å². The summed E-state index contributed by atoms with van der Waals surface area (Å²) in [6.45, 7) is 5.55. The maximum absolute atomic E-state index is 11.7. The van der Waals surface area contributed by atoms with Crippen molar-refractivity contribution in [3.05, 3.63) is 0 Å². The Hall–Kier alpha value is -1.14. The zero-order valence-corrected chi connectivity index (χ0v) is 9.77. The minimum Gasteiger partial charge on any atom is -0.480 e. The summed E-state index contributed by atoms with van der Waals surface area (Å²) >= 11 is 0. The number of hydrogen-bond acceptors (Lipinski definition) is 5. The molecule has 1 aliphatic rings. The average Bonchev–Trinajstić information content (AvgIpc) is 2.44. The number of rotatable bonds is 2. The molecule has 0 aliphatic carbocycles. The van der Waals surface area contributed by atoms with E-state index in [-0.39, 0.29) is 18.9 Å². The lowest BCUT2D eigenvalue weighted by atomic mass is 10.1. The van der Waals surface area contributed by atoms with Gasteiger partial charge < -0.3 is 9.84 Å². The predicted molar refractivity (Wildman–Crippen MR) is 56.3 cm³/mol. The van der Waals surface area contributed by atoms with Gasteiger partial charge in [-0.25, -0.2) is 5.01 Å². The number of carboxylic acids is 1. The molecule has 0 spiro atoms. The van der Waals surface area contributed by atoms with E-state index >= 15 is 0 Å². The maximum Gasteiger partial charge on any atom is 0.322 e.